The SMILES string of the molecule is CCCCCCCCC/C=C\CCCCCCCC(=O)OCCCCCCCCCCCCCCCC(=O)NC(CO)C(O)/C=C/CCCCCCCCCCCCCCCCCCCC. The van der Waals surface area contributed by atoms with Crippen LogP contribution in [0.5, 0.6) is 0 Å². The highest BCUT2D eigenvalue weighted by atomic mass is 16.5. The lowest BCUT2D eigenvalue weighted by Crippen LogP contribution is -2.45. The van der Waals surface area contributed by atoms with Crippen molar-refractivity contribution in [1.29, 1.82) is 0 Å². The molecule has 0 saturated carbocycles. The van der Waals surface area contributed by atoms with Gasteiger partial charge in [0.1, 0.15) is 0 Å². The number of rotatable bonds is 55. The first kappa shape index (κ1) is 64.3. The number of allylic oxidation sites excluding steroid dienone is 3. The van der Waals surface area contributed by atoms with E-state index in [1.165, 1.54) is 238 Å². The Labute approximate surface area is 411 Å². The average Bonchev–Trinajstić information content (AvgIpc) is 3.32. The number of esters is 1. The Morgan fingerprint density at radius 3 is 1.08 bits per heavy atom. The van der Waals surface area contributed by atoms with E-state index in [-0.39, 0.29) is 18.5 Å². The third kappa shape index (κ3) is 51.7. The summed E-state index contributed by atoms with van der Waals surface area (Å²) < 4.78 is 5.47. The van der Waals surface area contributed by atoms with Gasteiger partial charge in [-0.25, -0.2) is 0 Å². The van der Waals surface area contributed by atoms with Gasteiger partial charge >= 0.3 is 5.97 Å². The fourth-order valence-electron chi connectivity index (χ4n) is 9.16. The molecule has 0 aromatic heterocycles. The molecule has 0 aliphatic rings. The molecule has 0 aromatic rings. The van der Waals surface area contributed by atoms with Crippen molar-refractivity contribution in [3.8, 4) is 0 Å². The quantitative estimate of drug-likeness (QED) is 0.0321. The van der Waals surface area contributed by atoms with Gasteiger partial charge in [-0.1, -0.05) is 276 Å². The maximum absolute atomic E-state index is 12.5. The number of unbranched alkanes of at least 4 members (excludes halogenated alkanes) is 42. The number of aliphatic hydroxyl groups excluding tert-OH is 2. The van der Waals surface area contributed by atoms with Crippen molar-refractivity contribution in [3.05, 3.63) is 24.3 Å². The van der Waals surface area contributed by atoms with Crippen LogP contribution in [0.2, 0.25) is 0 Å². The van der Waals surface area contributed by atoms with Crippen molar-refractivity contribution in [1.82, 2.24) is 5.32 Å². The number of aliphatic hydroxyl groups is 2. The van der Waals surface area contributed by atoms with E-state index in [1.807, 2.05) is 6.08 Å². The van der Waals surface area contributed by atoms with Crippen molar-refractivity contribution in [2.45, 2.75) is 334 Å². The van der Waals surface area contributed by atoms with Crippen LogP contribution in [0.15, 0.2) is 24.3 Å². The predicted octanol–water partition coefficient (Wildman–Crippen LogP) is 18.2. The summed E-state index contributed by atoms with van der Waals surface area (Å²) in [4.78, 5) is 24.5. The second-order valence-electron chi connectivity index (χ2n) is 20.3. The van der Waals surface area contributed by atoms with Crippen LogP contribution in [0.3, 0.4) is 0 Å². The van der Waals surface area contributed by atoms with Gasteiger partial charge in [0.15, 0.2) is 0 Å². The van der Waals surface area contributed by atoms with Gasteiger partial charge in [0.05, 0.1) is 25.4 Å². The monoisotopic (exact) mass is 930 g/mol. The molecule has 0 aromatic carbocycles. The minimum Gasteiger partial charge on any atom is -0.466 e. The Balaban J connectivity index is 3.48. The maximum Gasteiger partial charge on any atom is 0.305 e. The number of hydrogen-bond acceptors (Lipinski definition) is 5. The van der Waals surface area contributed by atoms with E-state index in [1.54, 1.807) is 6.08 Å². The van der Waals surface area contributed by atoms with Crippen molar-refractivity contribution in [2.75, 3.05) is 13.2 Å². The second-order valence-corrected chi connectivity index (χ2v) is 20.3. The number of carbonyl (C=O) groups is 2. The summed E-state index contributed by atoms with van der Waals surface area (Å²) in [6.07, 6.45) is 67.7. The normalized spacial score (nSPS) is 12.7. The molecule has 2 unspecified atom stereocenters. The minimum absolute atomic E-state index is 0.0137. The summed E-state index contributed by atoms with van der Waals surface area (Å²) in [6.45, 7) is 4.89. The standard InChI is InChI=1S/C60H115NO5/c1-3-5-7-9-11-13-15-17-19-21-22-23-24-25-28-32-36-40-44-48-52-58(63)57(56-62)61-59(64)53-49-45-41-37-33-29-27-31-35-39-43-47-51-55-66-60(65)54-50-46-42-38-34-30-26-20-18-16-14-12-10-8-6-4-2/h20,26,48,52,57-58,62-63H,3-19,21-25,27-47,49-51,53-56H2,1-2H3,(H,61,64)/b26-20-,52-48+. The predicted molar refractivity (Wildman–Crippen MR) is 287 cm³/mol. The Morgan fingerprint density at radius 1 is 0.409 bits per heavy atom. The lowest BCUT2D eigenvalue weighted by Gasteiger charge is -2.20. The smallest absolute Gasteiger partial charge is 0.305 e. The second kappa shape index (κ2) is 55.9. The molecule has 6 heteroatoms. The van der Waals surface area contributed by atoms with Gasteiger partial charge in [0, 0.05) is 12.8 Å². The van der Waals surface area contributed by atoms with E-state index < -0.39 is 12.1 Å². The minimum atomic E-state index is -0.854. The zero-order chi connectivity index (χ0) is 47.9. The van der Waals surface area contributed by atoms with Crippen molar-refractivity contribution in [3.63, 3.8) is 0 Å². The third-order valence-electron chi connectivity index (χ3n) is 13.7. The average molecular weight is 931 g/mol. The topological polar surface area (TPSA) is 95.9 Å². The molecule has 0 aliphatic heterocycles. The molecule has 0 spiro atoms. The molecule has 3 N–H and O–H groups in total. The Bertz CT molecular complexity index is 1030. The van der Waals surface area contributed by atoms with Crippen LogP contribution in [0.25, 0.3) is 0 Å². The first-order valence-corrected chi connectivity index (χ1v) is 29.6. The first-order valence-electron chi connectivity index (χ1n) is 29.6. The summed E-state index contributed by atoms with van der Waals surface area (Å²) in [5.74, 6) is -0.0922. The van der Waals surface area contributed by atoms with E-state index in [2.05, 4.69) is 31.3 Å². The molecule has 6 nitrogen and oxygen atoms in total. The number of hydrogen-bond donors (Lipinski definition) is 3. The molecular formula is C60H115NO5. The van der Waals surface area contributed by atoms with Crippen LogP contribution >= 0.6 is 0 Å². The fraction of sp³-hybridized carbons (Fsp3) is 0.900. The summed E-state index contributed by atoms with van der Waals surface area (Å²) in [7, 11) is 0. The summed E-state index contributed by atoms with van der Waals surface area (Å²) in [6, 6.07) is -0.638. The van der Waals surface area contributed by atoms with Gasteiger partial charge in [-0.3, -0.25) is 9.59 Å². The Hall–Kier alpha value is -1.66. The number of nitrogens with one attached hydrogen (secondary N) is 1. The molecule has 0 fully saturated rings. The summed E-state index contributed by atoms with van der Waals surface area (Å²) >= 11 is 0. The number of carbonyl (C=O) groups excluding carboxylic acids is 2. The van der Waals surface area contributed by atoms with E-state index in [4.69, 9.17) is 4.74 Å². The van der Waals surface area contributed by atoms with Crippen molar-refractivity contribution >= 4 is 11.9 Å². The highest BCUT2D eigenvalue weighted by Crippen LogP contribution is 2.17. The van der Waals surface area contributed by atoms with Crippen molar-refractivity contribution in [2.24, 2.45) is 0 Å². The van der Waals surface area contributed by atoms with E-state index >= 15 is 0 Å². The van der Waals surface area contributed by atoms with Crippen LogP contribution in [-0.2, 0) is 14.3 Å². The molecule has 0 radical (unpaired) electrons. The zero-order valence-electron chi connectivity index (χ0n) is 44.4. The van der Waals surface area contributed by atoms with Gasteiger partial charge in [-0.2, -0.15) is 0 Å². The van der Waals surface area contributed by atoms with E-state index in [0.29, 0.717) is 19.4 Å². The lowest BCUT2D eigenvalue weighted by atomic mass is 10.0. The van der Waals surface area contributed by atoms with Crippen molar-refractivity contribution < 1.29 is 24.5 Å². The molecule has 390 valence electrons. The molecule has 0 aliphatic carbocycles. The fourth-order valence-corrected chi connectivity index (χ4v) is 9.16. The largest absolute Gasteiger partial charge is 0.466 e. The van der Waals surface area contributed by atoms with Crippen LogP contribution in [0, 0.1) is 0 Å². The Kier molecular flexibility index (Phi) is 54.5. The van der Waals surface area contributed by atoms with E-state index in [0.717, 1.165) is 57.8 Å². The van der Waals surface area contributed by atoms with Gasteiger partial charge < -0.3 is 20.3 Å². The van der Waals surface area contributed by atoms with Gasteiger partial charge in [-0.05, 0) is 57.8 Å². The van der Waals surface area contributed by atoms with E-state index in [9.17, 15) is 19.8 Å². The van der Waals surface area contributed by atoms with Crippen LogP contribution < -0.4 is 5.32 Å². The maximum atomic E-state index is 12.5. The first-order chi connectivity index (χ1) is 32.5. The van der Waals surface area contributed by atoms with Gasteiger partial charge in [0.25, 0.3) is 0 Å². The highest BCUT2D eigenvalue weighted by molar-refractivity contribution is 5.76. The van der Waals surface area contributed by atoms with Crippen LogP contribution in [0.1, 0.15) is 322 Å². The molecule has 1 amide bonds. The lowest BCUT2D eigenvalue weighted by molar-refractivity contribution is -0.143. The Morgan fingerprint density at radius 2 is 0.712 bits per heavy atom. The molecule has 0 saturated heterocycles. The van der Waals surface area contributed by atoms with Gasteiger partial charge in [-0.15, -0.1) is 0 Å². The molecular weight excluding hydrogens is 815 g/mol. The number of ether oxygens (including phenoxy) is 1. The highest BCUT2D eigenvalue weighted by Gasteiger charge is 2.18. The molecule has 66 heavy (non-hydrogen) atoms. The zero-order valence-corrected chi connectivity index (χ0v) is 44.4. The third-order valence-corrected chi connectivity index (χ3v) is 13.7. The molecule has 0 rings (SSSR count). The summed E-state index contributed by atoms with van der Waals surface area (Å²) in [5.41, 5.74) is 0. The molecule has 0 bridgehead atoms. The van der Waals surface area contributed by atoms with Crippen LogP contribution in [-0.4, -0.2) is 47.4 Å². The molecule has 2 atom stereocenters. The van der Waals surface area contributed by atoms with Crippen LogP contribution in [0.4, 0.5) is 0 Å². The van der Waals surface area contributed by atoms with Gasteiger partial charge in [0.2, 0.25) is 5.91 Å². The summed E-state index contributed by atoms with van der Waals surface area (Å²) in [5, 5.41) is 23.2. The number of amides is 1. The molecule has 0 heterocycles.